The number of hydrogen-bond acceptors (Lipinski definition) is 4. The van der Waals surface area contributed by atoms with Crippen molar-refractivity contribution < 1.29 is 4.79 Å². The molecule has 0 aromatic carbocycles. The van der Waals surface area contributed by atoms with Crippen LogP contribution < -0.4 is 0 Å². The lowest BCUT2D eigenvalue weighted by Gasteiger charge is -2.33. The monoisotopic (exact) mass is 321 g/mol. The maximum absolute atomic E-state index is 13.1. The SMILES string of the molecule is Cc1nc(C(C)C)sc1C(=O)N1CCCC1C1CCCN1C. The van der Waals surface area contributed by atoms with Gasteiger partial charge in [0.15, 0.2) is 0 Å². The molecule has 22 heavy (non-hydrogen) atoms. The van der Waals surface area contributed by atoms with Crippen LogP contribution in [-0.4, -0.2) is 52.9 Å². The lowest BCUT2D eigenvalue weighted by molar-refractivity contribution is 0.0668. The average molecular weight is 321 g/mol. The van der Waals surface area contributed by atoms with Gasteiger partial charge in [0.2, 0.25) is 0 Å². The minimum atomic E-state index is 0.213. The van der Waals surface area contributed by atoms with E-state index in [1.807, 2.05) is 6.92 Å². The van der Waals surface area contributed by atoms with Crippen molar-refractivity contribution in [3.05, 3.63) is 15.6 Å². The predicted molar refractivity (Wildman–Crippen MR) is 90.7 cm³/mol. The molecule has 4 nitrogen and oxygen atoms in total. The van der Waals surface area contributed by atoms with Crippen molar-refractivity contribution in [2.75, 3.05) is 20.1 Å². The molecule has 5 heteroatoms. The Bertz CT molecular complexity index is 554. The van der Waals surface area contributed by atoms with Gasteiger partial charge in [0.05, 0.1) is 10.7 Å². The highest BCUT2D eigenvalue weighted by atomic mass is 32.1. The fourth-order valence-electron chi connectivity index (χ4n) is 3.86. The second-order valence-electron chi connectivity index (χ2n) is 7.02. The quantitative estimate of drug-likeness (QED) is 0.857. The zero-order valence-electron chi connectivity index (χ0n) is 14.1. The summed E-state index contributed by atoms with van der Waals surface area (Å²) < 4.78 is 0. The highest BCUT2D eigenvalue weighted by Gasteiger charge is 2.39. The van der Waals surface area contributed by atoms with Crippen molar-refractivity contribution in [1.29, 1.82) is 0 Å². The van der Waals surface area contributed by atoms with E-state index in [9.17, 15) is 4.79 Å². The van der Waals surface area contributed by atoms with E-state index < -0.39 is 0 Å². The first-order chi connectivity index (χ1) is 10.5. The third-order valence-corrected chi connectivity index (χ3v) is 6.53. The summed E-state index contributed by atoms with van der Waals surface area (Å²) in [5.74, 6) is 0.602. The molecule has 0 spiro atoms. The fraction of sp³-hybridized carbons (Fsp3) is 0.765. The Labute approximate surface area is 137 Å². The van der Waals surface area contributed by atoms with Gasteiger partial charge in [-0.25, -0.2) is 4.98 Å². The van der Waals surface area contributed by atoms with Crippen molar-refractivity contribution in [2.24, 2.45) is 0 Å². The van der Waals surface area contributed by atoms with Crippen molar-refractivity contribution >= 4 is 17.2 Å². The molecule has 2 atom stereocenters. The number of carbonyl (C=O) groups is 1. The molecule has 1 amide bonds. The standard InChI is InChI=1S/C17H27N3OS/c1-11(2)16-18-12(3)15(22-16)17(21)20-10-6-8-14(20)13-7-5-9-19(13)4/h11,13-14H,5-10H2,1-4H3. The van der Waals surface area contributed by atoms with E-state index in [2.05, 4.69) is 35.7 Å². The molecule has 1 aromatic heterocycles. The highest BCUT2D eigenvalue weighted by Crippen LogP contribution is 2.32. The topological polar surface area (TPSA) is 36.4 Å². The molecule has 0 aliphatic carbocycles. The van der Waals surface area contributed by atoms with Gasteiger partial charge in [-0.1, -0.05) is 13.8 Å². The molecule has 1 aromatic rings. The molecule has 0 radical (unpaired) electrons. The van der Waals surface area contributed by atoms with Gasteiger partial charge in [-0.05, 0) is 46.2 Å². The predicted octanol–water partition coefficient (Wildman–Crippen LogP) is 3.27. The van der Waals surface area contributed by atoms with Gasteiger partial charge in [0.25, 0.3) is 5.91 Å². The number of hydrogen-bond donors (Lipinski definition) is 0. The summed E-state index contributed by atoms with van der Waals surface area (Å²) in [7, 11) is 2.20. The van der Waals surface area contributed by atoms with Crippen molar-refractivity contribution in [2.45, 2.75) is 64.5 Å². The van der Waals surface area contributed by atoms with Gasteiger partial charge in [0.1, 0.15) is 4.88 Å². The first-order valence-corrected chi connectivity index (χ1v) is 9.29. The molecule has 2 saturated heterocycles. The van der Waals surface area contributed by atoms with Gasteiger partial charge in [-0.15, -0.1) is 11.3 Å². The summed E-state index contributed by atoms with van der Waals surface area (Å²) in [4.78, 5) is 23.1. The molecule has 0 N–H and O–H groups in total. The third-order valence-electron chi connectivity index (χ3n) is 5.08. The van der Waals surface area contributed by atoms with E-state index in [1.165, 1.54) is 19.4 Å². The number of carbonyl (C=O) groups excluding carboxylic acids is 1. The Hall–Kier alpha value is -0.940. The lowest BCUT2D eigenvalue weighted by Crippen LogP contribution is -2.47. The number of rotatable bonds is 3. The Morgan fingerprint density at radius 1 is 1.23 bits per heavy atom. The van der Waals surface area contributed by atoms with Gasteiger partial charge in [0, 0.05) is 24.5 Å². The molecule has 2 unspecified atom stereocenters. The Balaban J connectivity index is 1.81. The molecule has 122 valence electrons. The number of likely N-dealkylation sites (tertiary alicyclic amines) is 2. The van der Waals surface area contributed by atoms with E-state index >= 15 is 0 Å². The molecule has 0 saturated carbocycles. The molecule has 3 rings (SSSR count). The van der Waals surface area contributed by atoms with Gasteiger partial charge >= 0.3 is 0 Å². The highest BCUT2D eigenvalue weighted by molar-refractivity contribution is 7.13. The summed E-state index contributed by atoms with van der Waals surface area (Å²) in [5.41, 5.74) is 0.907. The smallest absolute Gasteiger partial charge is 0.266 e. The first-order valence-electron chi connectivity index (χ1n) is 8.47. The van der Waals surface area contributed by atoms with E-state index in [0.717, 1.165) is 35.0 Å². The fourth-order valence-corrected chi connectivity index (χ4v) is 4.89. The van der Waals surface area contributed by atoms with E-state index in [-0.39, 0.29) is 5.91 Å². The molecule has 2 fully saturated rings. The number of aryl methyl sites for hydroxylation is 1. The van der Waals surface area contributed by atoms with Crippen LogP contribution in [0.25, 0.3) is 0 Å². The van der Waals surface area contributed by atoms with Gasteiger partial charge in [-0.2, -0.15) is 0 Å². The van der Waals surface area contributed by atoms with Gasteiger partial charge in [-0.3, -0.25) is 4.79 Å². The van der Waals surface area contributed by atoms with Crippen LogP contribution in [0.15, 0.2) is 0 Å². The van der Waals surface area contributed by atoms with Crippen LogP contribution in [0, 0.1) is 6.92 Å². The third kappa shape index (κ3) is 2.81. The summed E-state index contributed by atoms with van der Waals surface area (Å²) in [6.45, 7) is 8.32. The summed E-state index contributed by atoms with van der Waals surface area (Å²) in [6.07, 6.45) is 4.77. The van der Waals surface area contributed by atoms with Gasteiger partial charge < -0.3 is 9.80 Å². The van der Waals surface area contributed by atoms with Crippen LogP contribution in [0.5, 0.6) is 0 Å². The Kier molecular flexibility index (Phi) is 4.55. The van der Waals surface area contributed by atoms with Crippen molar-refractivity contribution in [1.82, 2.24) is 14.8 Å². The number of amides is 1. The Morgan fingerprint density at radius 3 is 2.50 bits per heavy atom. The largest absolute Gasteiger partial charge is 0.333 e. The van der Waals surface area contributed by atoms with Crippen LogP contribution in [0.2, 0.25) is 0 Å². The van der Waals surface area contributed by atoms with Crippen LogP contribution in [0.1, 0.15) is 65.8 Å². The van der Waals surface area contributed by atoms with Crippen LogP contribution in [0.4, 0.5) is 0 Å². The van der Waals surface area contributed by atoms with E-state index in [1.54, 1.807) is 11.3 Å². The zero-order valence-corrected chi connectivity index (χ0v) is 14.9. The normalized spacial score (nSPS) is 26.3. The van der Waals surface area contributed by atoms with Crippen molar-refractivity contribution in [3.8, 4) is 0 Å². The minimum absolute atomic E-state index is 0.213. The summed E-state index contributed by atoms with van der Waals surface area (Å²) in [6, 6.07) is 0.938. The van der Waals surface area contributed by atoms with E-state index in [4.69, 9.17) is 0 Å². The molecule has 3 heterocycles. The number of thiazole rings is 1. The first kappa shape index (κ1) is 15.9. The maximum atomic E-state index is 13.1. The molecule has 2 aliphatic rings. The van der Waals surface area contributed by atoms with Crippen LogP contribution >= 0.6 is 11.3 Å². The summed E-state index contributed by atoms with van der Waals surface area (Å²) >= 11 is 1.59. The van der Waals surface area contributed by atoms with Crippen molar-refractivity contribution in [3.63, 3.8) is 0 Å². The lowest BCUT2D eigenvalue weighted by atomic mass is 10.0. The van der Waals surface area contributed by atoms with Crippen LogP contribution in [0.3, 0.4) is 0 Å². The second-order valence-corrected chi connectivity index (χ2v) is 8.05. The molecular formula is C17H27N3OS. The zero-order chi connectivity index (χ0) is 15.9. The maximum Gasteiger partial charge on any atom is 0.266 e. The average Bonchev–Trinajstić information content (AvgIpc) is 3.16. The molecule has 0 bridgehead atoms. The minimum Gasteiger partial charge on any atom is -0.333 e. The molecule has 2 aliphatic heterocycles. The Morgan fingerprint density at radius 2 is 1.91 bits per heavy atom. The number of aromatic nitrogens is 1. The van der Waals surface area contributed by atoms with E-state index in [0.29, 0.717) is 18.0 Å². The number of nitrogens with zero attached hydrogens (tertiary/aromatic N) is 3. The second kappa shape index (κ2) is 6.28. The van der Waals surface area contributed by atoms with Crippen LogP contribution in [-0.2, 0) is 0 Å². The number of likely N-dealkylation sites (N-methyl/N-ethyl adjacent to an activating group) is 1. The molecular weight excluding hydrogens is 294 g/mol. The summed E-state index contributed by atoms with van der Waals surface area (Å²) in [5, 5.41) is 1.08.